The quantitative estimate of drug-likeness (QED) is 0.785. The molecule has 3 rings (SSSR count). The van der Waals surface area contributed by atoms with E-state index in [0.717, 1.165) is 17.3 Å². The number of hydrogen-bond acceptors (Lipinski definition) is 3. The molecule has 0 aromatic rings. The minimum Gasteiger partial charge on any atom is -0.299 e. The molecule has 0 bridgehead atoms. The molecule has 0 aromatic heterocycles. The van der Waals surface area contributed by atoms with Crippen LogP contribution in [0.25, 0.3) is 0 Å². The van der Waals surface area contributed by atoms with Gasteiger partial charge in [0.1, 0.15) is 0 Å². The summed E-state index contributed by atoms with van der Waals surface area (Å²) < 4.78 is 0. The first-order valence-electron chi connectivity index (χ1n) is 8.46. The van der Waals surface area contributed by atoms with Gasteiger partial charge in [0.15, 0.2) is 0 Å². The Morgan fingerprint density at radius 2 is 1.74 bits per heavy atom. The maximum Gasteiger partial charge on any atom is 0.0223 e. The van der Waals surface area contributed by atoms with Crippen LogP contribution in [0.3, 0.4) is 0 Å². The van der Waals surface area contributed by atoms with Crippen molar-refractivity contribution in [3.05, 3.63) is 0 Å². The van der Waals surface area contributed by atoms with E-state index in [1.807, 2.05) is 0 Å². The zero-order valence-electron chi connectivity index (χ0n) is 12.5. The number of thioether (sulfide) groups is 1. The summed E-state index contributed by atoms with van der Waals surface area (Å²) >= 11 is 2.20. The molecule has 2 heterocycles. The van der Waals surface area contributed by atoms with Crippen molar-refractivity contribution in [2.45, 2.75) is 69.2 Å². The van der Waals surface area contributed by atoms with Crippen molar-refractivity contribution in [2.75, 3.05) is 31.9 Å². The Kier molecular flexibility index (Phi) is 5.10. The van der Waals surface area contributed by atoms with Crippen LogP contribution in [0.2, 0.25) is 0 Å². The number of hydrogen-bond donors (Lipinski definition) is 0. The van der Waals surface area contributed by atoms with Crippen molar-refractivity contribution in [1.82, 2.24) is 9.80 Å². The maximum absolute atomic E-state index is 2.87. The second kappa shape index (κ2) is 6.82. The lowest BCUT2D eigenvalue weighted by atomic mass is 10.0. The molecule has 1 saturated carbocycles. The summed E-state index contributed by atoms with van der Waals surface area (Å²) in [6, 6.07) is 1.79. The summed E-state index contributed by atoms with van der Waals surface area (Å²) in [5.41, 5.74) is 0. The fraction of sp³-hybridized carbons (Fsp3) is 1.00. The molecular weight excluding hydrogens is 252 g/mol. The van der Waals surface area contributed by atoms with Crippen LogP contribution in [-0.4, -0.2) is 59.1 Å². The van der Waals surface area contributed by atoms with Gasteiger partial charge in [-0.1, -0.05) is 13.3 Å². The zero-order chi connectivity index (χ0) is 13.1. The lowest BCUT2D eigenvalue weighted by Gasteiger charge is -2.37. The van der Waals surface area contributed by atoms with Crippen molar-refractivity contribution in [2.24, 2.45) is 0 Å². The van der Waals surface area contributed by atoms with E-state index in [9.17, 15) is 0 Å². The van der Waals surface area contributed by atoms with Gasteiger partial charge in [-0.05, 0) is 63.9 Å². The van der Waals surface area contributed by atoms with Gasteiger partial charge in [0.2, 0.25) is 0 Å². The van der Waals surface area contributed by atoms with Gasteiger partial charge in [-0.2, -0.15) is 11.8 Å². The molecule has 110 valence electrons. The SMILES string of the molecule is CCSC1CCC(N2CCCN3CCCCC3C2)C1. The second-order valence-corrected chi connectivity index (χ2v) is 8.16. The van der Waals surface area contributed by atoms with E-state index in [1.54, 1.807) is 0 Å². The first-order chi connectivity index (χ1) is 9.36. The van der Waals surface area contributed by atoms with Crippen molar-refractivity contribution in [3.8, 4) is 0 Å². The van der Waals surface area contributed by atoms with Crippen molar-refractivity contribution < 1.29 is 0 Å². The van der Waals surface area contributed by atoms with Crippen LogP contribution < -0.4 is 0 Å². The van der Waals surface area contributed by atoms with Crippen molar-refractivity contribution in [1.29, 1.82) is 0 Å². The van der Waals surface area contributed by atoms with E-state index in [2.05, 4.69) is 28.5 Å². The average Bonchev–Trinajstić information content (AvgIpc) is 2.78. The summed E-state index contributed by atoms with van der Waals surface area (Å²) in [4.78, 5) is 5.66. The fourth-order valence-electron chi connectivity index (χ4n) is 4.37. The van der Waals surface area contributed by atoms with Gasteiger partial charge in [0.25, 0.3) is 0 Å². The van der Waals surface area contributed by atoms with Gasteiger partial charge in [-0.25, -0.2) is 0 Å². The number of rotatable bonds is 3. The molecule has 1 aliphatic carbocycles. The van der Waals surface area contributed by atoms with Gasteiger partial charge in [-0.15, -0.1) is 0 Å². The monoisotopic (exact) mass is 282 g/mol. The standard InChI is InChI=1S/C16H30N2S/c1-2-19-16-8-7-14(12-16)18-11-5-10-17-9-4-3-6-15(17)13-18/h14-16H,2-13H2,1H3. The smallest absolute Gasteiger partial charge is 0.0223 e. The Morgan fingerprint density at radius 1 is 0.895 bits per heavy atom. The summed E-state index contributed by atoms with van der Waals surface area (Å²) in [6.07, 6.45) is 10.2. The molecule has 3 atom stereocenters. The second-order valence-electron chi connectivity index (χ2n) is 6.58. The predicted molar refractivity (Wildman–Crippen MR) is 85.0 cm³/mol. The van der Waals surface area contributed by atoms with Gasteiger partial charge in [0, 0.05) is 23.9 Å². The summed E-state index contributed by atoms with van der Waals surface area (Å²) in [5.74, 6) is 1.30. The highest BCUT2D eigenvalue weighted by atomic mass is 32.2. The number of nitrogens with zero attached hydrogens (tertiary/aromatic N) is 2. The highest BCUT2D eigenvalue weighted by Crippen LogP contribution is 2.34. The Labute approximate surface area is 123 Å². The molecule has 3 fully saturated rings. The summed E-state index contributed by atoms with van der Waals surface area (Å²) in [6.45, 7) is 7.78. The maximum atomic E-state index is 2.87. The first-order valence-corrected chi connectivity index (χ1v) is 9.51. The van der Waals surface area contributed by atoms with E-state index in [1.165, 1.54) is 76.9 Å². The third-order valence-corrected chi connectivity index (χ3v) is 6.59. The number of piperidine rings is 1. The predicted octanol–water partition coefficient (Wildman–Crippen LogP) is 3.22. The highest BCUT2D eigenvalue weighted by Gasteiger charge is 2.33. The average molecular weight is 282 g/mol. The molecule has 0 N–H and O–H groups in total. The van der Waals surface area contributed by atoms with E-state index in [0.29, 0.717) is 0 Å². The van der Waals surface area contributed by atoms with Crippen LogP contribution >= 0.6 is 11.8 Å². The molecule has 2 saturated heterocycles. The van der Waals surface area contributed by atoms with E-state index < -0.39 is 0 Å². The first kappa shape index (κ1) is 14.2. The lowest BCUT2D eigenvalue weighted by molar-refractivity contribution is 0.120. The van der Waals surface area contributed by atoms with Crippen LogP contribution in [0.1, 0.15) is 51.9 Å². The zero-order valence-corrected chi connectivity index (χ0v) is 13.3. The van der Waals surface area contributed by atoms with Gasteiger partial charge >= 0.3 is 0 Å². The van der Waals surface area contributed by atoms with E-state index >= 15 is 0 Å². The van der Waals surface area contributed by atoms with E-state index in [4.69, 9.17) is 0 Å². The molecule has 2 aliphatic heterocycles. The molecule has 3 aliphatic rings. The van der Waals surface area contributed by atoms with Crippen LogP contribution in [0, 0.1) is 0 Å². The Morgan fingerprint density at radius 3 is 2.63 bits per heavy atom. The molecule has 0 amide bonds. The highest BCUT2D eigenvalue weighted by molar-refractivity contribution is 7.99. The van der Waals surface area contributed by atoms with Gasteiger partial charge in [0.05, 0.1) is 0 Å². The van der Waals surface area contributed by atoms with Crippen molar-refractivity contribution in [3.63, 3.8) is 0 Å². The lowest BCUT2D eigenvalue weighted by Crippen LogP contribution is -2.46. The minimum absolute atomic E-state index is 0.883. The summed E-state index contributed by atoms with van der Waals surface area (Å²) in [7, 11) is 0. The third-order valence-electron chi connectivity index (χ3n) is 5.36. The Balaban J connectivity index is 1.56. The van der Waals surface area contributed by atoms with E-state index in [-0.39, 0.29) is 0 Å². The van der Waals surface area contributed by atoms with Crippen molar-refractivity contribution >= 4 is 11.8 Å². The Bertz CT molecular complexity index is 284. The normalized spacial score (nSPS) is 38.1. The fourth-order valence-corrected chi connectivity index (χ4v) is 5.50. The van der Waals surface area contributed by atoms with Crippen LogP contribution in [0.5, 0.6) is 0 Å². The molecule has 19 heavy (non-hydrogen) atoms. The summed E-state index contributed by atoms with van der Waals surface area (Å²) in [5, 5.41) is 0.959. The minimum atomic E-state index is 0.883. The molecule has 2 nitrogen and oxygen atoms in total. The molecule has 0 spiro atoms. The van der Waals surface area contributed by atoms with Crippen LogP contribution in [-0.2, 0) is 0 Å². The molecular formula is C16H30N2S. The Hall–Kier alpha value is 0.270. The molecule has 3 unspecified atom stereocenters. The number of fused-ring (bicyclic) bond motifs is 1. The topological polar surface area (TPSA) is 6.48 Å². The molecule has 0 radical (unpaired) electrons. The van der Waals surface area contributed by atoms with Gasteiger partial charge in [-0.3, -0.25) is 9.80 Å². The third kappa shape index (κ3) is 3.48. The van der Waals surface area contributed by atoms with Gasteiger partial charge < -0.3 is 0 Å². The molecule has 3 heteroatoms. The van der Waals surface area contributed by atoms with Crippen LogP contribution in [0.15, 0.2) is 0 Å². The largest absolute Gasteiger partial charge is 0.299 e. The molecule has 0 aromatic carbocycles. The van der Waals surface area contributed by atoms with Crippen LogP contribution in [0.4, 0.5) is 0 Å².